The lowest BCUT2D eigenvalue weighted by Crippen LogP contribution is -2.33. The summed E-state index contributed by atoms with van der Waals surface area (Å²) in [6.45, 7) is 5.94. The second kappa shape index (κ2) is 3.99. The van der Waals surface area contributed by atoms with Gasteiger partial charge >= 0.3 is 0 Å². The number of hydrogen-bond acceptors (Lipinski definition) is 5. The molecule has 0 saturated heterocycles. The van der Waals surface area contributed by atoms with Gasteiger partial charge in [-0.05, 0) is 37.3 Å². The van der Waals surface area contributed by atoms with Gasteiger partial charge in [-0.25, -0.2) is 0 Å². The first kappa shape index (κ1) is 11.3. The molecule has 1 unspecified atom stereocenters. The maximum atomic E-state index is 6.06. The number of nitrogens with zero attached hydrogens (tertiary/aromatic N) is 2. The number of hydrogen-bond donors (Lipinski definition) is 1. The van der Waals surface area contributed by atoms with Crippen molar-refractivity contribution in [1.29, 1.82) is 0 Å². The SMILES string of the molecule is CCC(C)(N)c1noc(-c2sccc2C)n1. The van der Waals surface area contributed by atoms with Crippen LogP contribution in [0.15, 0.2) is 16.0 Å². The Hall–Kier alpha value is -1.20. The van der Waals surface area contributed by atoms with Gasteiger partial charge in [-0.3, -0.25) is 0 Å². The highest BCUT2D eigenvalue weighted by Crippen LogP contribution is 2.29. The molecule has 0 bridgehead atoms. The number of aromatic nitrogens is 2. The molecule has 0 spiro atoms. The van der Waals surface area contributed by atoms with Crippen molar-refractivity contribution in [2.75, 3.05) is 0 Å². The van der Waals surface area contributed by atoms with E-state index >= 15 is 0 Å². The summed E-state index contributed by atoms with van der Waals surface area (Å²) in [7, 11) is 0. The zero-order chi connectivity index (χ0) is 11.8. The third-order valence-corrected chi connectivity index (χ3v) is 3.73. The van der Waals surface area contributed by atoms with Gasteiger partial charge in [-0.1, -0.05) is 12.1 Å². The van der Waals surface area contributed by atoms with Gasteiger partial charge < -0.3 is 10.3 Å². The predicted molar refractivity (Wildman–Crippen MR) is 64.2 cm³/mol. The van der Waals surface area contributed by atoms with Crippen LogP contribution in [0.4, 0.5) is 0 Å². The van der Waals surface area contributed by atoms with Crippen LogP contribution < -0.4 is 5.73 Å². The fraction of sp³-hybridized carbons (Fsp3) is 0.455. The van der Waals surface area contributed by atoms with Gasteiger partial charge in [0.25, 0.3) is 5.89 Å². The van der Waals surface area contributed by atoms with Gasteiger partial charge in [0, 0.05) is 0 Å². The molecule has 0 amide bonds. The van der Waals surface area contributed by atoms with E-state index in [1.807, 2.05) is 32.2 Å². The summed E-state index contributed by atoms with van der Waals surface area (Å²) in [5, 5.41) is 5.96. The second-order valence-corrected chi connectivity index (χ2v) is 5.04. The van der Waals surface area contributed by atoms with Crippen molar-refractivity contribution in [2.45, 2.75) is 32.7 Å². The van der Waals surface area contributed by atoms with Crippen molar-refractivity contribution in [3.05, 3.63) is 22.8 Å². The minimum Gasteiger partial charge on any atom is -0.333 e. The summed E-state index contributed by atoms with van der Waals surface area (Å²) in [6, 6.07) is 2.03. The van der Waals surface area contributed by atoms with E-state index in [1.165, 1.54) is 0 Å². The molecular formula is C11H15N3OS. The Morgan fingerprint density at radius 3 is 2.88 bits per heavy atom. The zero-order valence-electron chi connectivity index (χ0n) is 9.65. The average Bonchev–Trinajstić information content (AvgIpc) is 2.85. The smallest absolute Gasteiger partial charge is 0.268 e. The van der Waals surface area contributed by atoms with Crippen molar-refractivity contribution in [2.24, 2.45) is 5.73 Å². The van der Waals surface area contributed by atoms with Crippen LogP contribution in [-0.2, 0) is 5.54 Å². The quantitative estimate of drug-likeness (QED) is 0.891. The van der Waals surface area contributed by atoms with Gasteiger partial charge in [0.2, 0.25) is 0 Å². The topological polar surface area (TPSA) is 64.9 Å². The maximum Gasteiger partial charge on any atom is 0.268 e. The fourth-order valence-corrected chi connectivity index (χ4v) is 2.14. The molecule has 0 aliphatic carbocycles. The molecule has 2 aromatic rings. The summed E-state index contributed by atoms with van der Waals surface area (Å²) < 4.78 is 5.25. The molecule has 2 heterocycles. The van der Waals surface area contributed by atoms with Gasteiger partial charge in [0.05, 0.1) is 10.4 Å². The third kappa shape index (κ3) is 1.88. The second-order valence-electron chi connectivity index (χ2n) is 4.13. The molecule has 1 atom stereocenters. The maximum absolute atomic E-state index is 6.06. The summed E-state index contributed by atoms with van der Waals surface area (Å²) in [5.41, 5.74) is 6.69. The first-order valence-electron chi connectivity index (χ1n) is 5.22. The molecule has 0 aromatic carbocycles. The molecule has 16 heavy (non-hydrogen) atoms. The molecule has 0 fully saturated rings. The molecular weight excluding hydrogens is 222 g/mol. The van der Waals surface area contributed by atoms with Gasteiger partial charge in [-0.15, -0.1) is 11.3 Å². The molecule has 4 nitrogen and oxygen atoms in total. The minimum absolute atomic E-state index is 0.521. The number of aryl methyl sites for hydroxylation is 1. The van der Waals surface area contributed by atoms with E-state index in [0.717, 1.165) is 16.9 Å². The third-order valence-electron chi connectivity index (χ3n) is 2.73. The molecule has 0 aliphatic heterocycles. The van der Waals surface area contributed by atoms with Crippen molar-refractivity contribution < 1.29 is 4.52 Å². The highest BCUT2D eigenvalue weighted by atomic mass is 32.1. The molecule has 0 saturated carbocycles. The van der Waals surface area contributed by atoms with Crippen LogP contribution in [-0.4, -0.2) is 10.1 Å². The van der Waals surface area contributed by atoms with Gasteiger partial charge in [0.1, 0.15) is 0 Å². The Labute approximate surface area is 98.5 Å². The monoisotopic (exact) mass is 237 g/mol. The van der Waals surface area contributed by atoms with E-state index < -0.39 is 5.54 Å². The average molecular weight is 237 g/mol. The zero-order valence-corrected chi connectivity index (χ0v) is 10.5. The Morgan fingerprint density at radius 1 is 1.56 bits per heavy atom. The Kier molecular flexibility index (Phi) is 2.82. The van der Waals surface area contributed by atoms with E-state index in [9.17, 15) is 0 Å². The Morgan fingerprint density at radius 2 is 2.31 bits per heavy atom. The summed E-state index contributed by atoms with van der Waals surface area (Å²) in [6.07, 6.45) is 0.773. The van der Waals surface area contributed by atoms with Crippen molar-refractivity contribution >= 4 is 11.3 Å². The van der Waals surface area contributed by atoms with Crippen molar-refractivity contribution in [1.82, 2.24) is 10.1 Å². The molecule has 2 N–H and O–H groups in total. The van der Waals surface area contributed by atoms with Crippen LogP contribution in [0.2, 0.25) is 0 Å². The molecule has 0 aliphatic rings. The Balaban J connectivity index is 2.37. The highest BCUT2D eigenvalue weighted by Gasteiger charge is 2.26. The molecule has 2 rings (SSSR count). The summed E-state index contributed by atoms with van der Waals surface area (Å²) in [4.78, 5) is 5.38. The van der Waals surface area contributed by atoms with Gasteiger partial charge in [-0.2, -0.15) is 4.98 Å². The standard InChI is InChI=1S/C11H15N3OS/c1-4-11(3,12)10-13-9(15-14-10)8-7(2)5-6-16-8/h5-6H,4,12H2,1-3H3. The molecule has 0 radical (unpaired) electrons. The number of nitrogens with two attached hydrogens (primary N) is 1. The lowest BCUT2D eigenvalue weighted by molar-refractivity contribution is 0.379. The van der Waals surface area contributed by atoms with Crippen molar-refractivity contribution in [3.63, 3.8) is 0 Å². The van der Waals surface area contributed by atoms with E-state index in [2.05, 4.69) is 10.1 Å². The van der Waals surface area contributed by atoms with Crippen LogP contribution in [0.1, 0.15) is 31.7 Å². The van der Waals surface area contributed by atoms with Crippen LogP contribution in [0.25, 0.3) is 10.8 Å². The van der Waals surface area contributed by atoms with Gasteiger partial charge in [0.15, 0.2) is 5.82 Å². The molecule has 5 heteroatoms. The van der Waals surface area contributed by atoms with Crippen molar-refractivity contribution in [3.8, 4) is 10.8 Å². The largest absolute Gasteiger partial charge is 0.333 e. The van der Waals surface area contributed by atoms with Crippen LogP contribution in [0, 0.1) is 6.92 Å². The van der Waals surface area contributed by atoms with Crippen LogP contribution >= 0.6 is 11.3 Å². The van der Waals surface area contributed by atoms with Crippen LogP contribution in [0.3, 0.4) is 0 Å². The van der Waals surface area contributed by atoms with E-state index in [-0.39, 0.29) is 0 Å². The van der Waals surface area contributed by atoms with E-state index in [4.69, 9.17) is 10.3 Å². The first-order chi connectivity index (χ1) is 7.54. The minimum atomic E-state index is -0.521. The predicted octanol–water partition coefficient (Wildman–Crippen LogP) is 2.69. The van der Waals surface area contributed by atoms with Crippen LogP contribution in [0.5, 0.6) is 0 Å². The van der Waals surface area contributed by atoms with E-state index in [0.29, 0.717) is 11.7 Å². The lowest BCUT2D eigenvalue weighted by Gasteiger charge is -2.16. The molecule has 86 valence electrons. The normalized spacial score (nSPS) is 15.0. The summed E-state index contributed by atoms with van der Waals surface area (Å²) >= 11 is 1.60. The Bertz CT molecular complexity index is 487. The van der Waals surface area contributed by atoms with E-state index in [1.54, 1.807) is 11.3 Å². The fourth-order valence-electron chi connectivity index (χ4n) is 1.30. The highest BCUT2D eigenvalue weighted by molar-refractivity contribution is 7.13. The lowest BCUT2D eigenvalue weighted by atomic mass is 10.0. The number of rotatable bonds is 3. The summed E-state index contributed by atoms with van der Waals surface area (Å²) in [5.74, 6) is 1.13. The number of thiophene rings is 1. The molecule has 2 aromatic heterocycles. The first-order valence-corrected chi connectivity index (χ1v) is 6.10.